The molecule has 1 heterocycles. The fourth-order valence-electron chi connectivity index (χ4n) is 3.19. The van der Waals surface area contributed by atoms with Crippen molar-refractivity contribution in [1.29, 1.82) is 0 Å². The van der Waals surface area contributed by atoms with Crippen molar-refractivity contribution >= 4 is 33.2 Å². The minimum atomic E-state index is -3.88. The second-order valence-corrected chi connectivity index (χ2v) is 9.36. The van der Waals surface area contributed by atoms with Crippen LogP contribution >= 0.6 is 11.6 Å². The van der Waals surface area contributed by atoms with Crippen LogP contribution in [0.15, 0.2) is 65.6 Å². The molecule has 33 heavy (non-hydrogen) atoms. The summed E-state index contributed by atoms with van der Waals surface area (Å²) in [5.41, 5.74) is 1.37. The third-order valence-electron chi connectivity index (χ3n) is 4.84. The van der Waals surface area contributed by atoms with Crippen molar-refractivity contribution in [1.82, 2.24) is 5.32 Å². The largest absolute Gasteiger partial charge is 0.489 e. The monoisotopic (exact) mass is 490 g/mol. The molecule has 3 aromatic rings. The molecule has 0 radical (unpaired) electrons. The van der Waals surface area contributed by atoms with Crippen molar-refractivity contribution in [2.75, 3.05) is 17.9 Å². The van der Waals surface area contributed by atoms with E-state index in [2.05, 4.69) is 10.0 Å². The van der Waals surface area contributed by atoms with Gasteiger partial charge < -0.3 is 14.8 Å². The highest BCUT2D eigenvalue weighted by Crippen LogP contribution is 2.38. The van der Waals surface area contributed by atoms with Gasteiger partial charge in [-0.2, -0.15) is 0 Å². The number of fused-ring (bicyclic) bond motifs is 1. The number of rotatable bonds is 6. The number of ether oxygens (including phenoxy) is 2. The number of nitrogens with one attached hydrogen (secondary N) is 2. The van der Waals surface area contributed by atoms with Crippen LogP contribution in [0.4, 0.5) is 10.1 Å². The van der Waals surface area contributed by atoms with E-state index in [-0.39, 0.29) is 23.0 Å². The Hall–Kier alpha value is -3.30. The molecule has 0 spiro atoms. The summed E-state index contributed by atoms with van der Waals surface area (Å²) < 4.78 is 51.5. The second-order valence-electron chi connectivity index (χ2n) is 7.27. The molecule has 1 aliphatic rings. The summed E-state index contributed by atoms with van der Waals surface area (Å²) in [4.78, 5) is 12.5. The van der Waals surface area contributed by atoms with Gasteiger partial charge in [-0.15, -0.1) is 0 Å². The first-order valence-corrected chi connectivity index (χ1v) is 11.9. The Kier molecular flexibility index (Phi) is 6.71. The molecule has 2 N–H and O–H groups in total. The topological polar surface area (TPSA) is 93.7 Å². The van der Waals surface area contributed by atoms with E-state index in [4.69, 9.17) is 21.1 Å². The van der Waals surface area contributed by atoms with Crippen molar-refractivity contribution in [3.05, 3.63) is 82.6 Å². The molecule has 0 atom stereocenters. The van der Waals surface area contributed by atoms with Crippen LogP contribution in [0.25, 0.3) is 0 Å². The highest BCUT2D eigenvalue weighted by molar-refractivity contribution is 7.92. The molecule has 3 aromatic carbocycles. The Labute approximate surface area is 195 Å². The Bertz CT molecular complexity index is 1270. The van der Waals surface area contributed by atoms with E-state index in [9.17, 15) is 17.6 Å². The van der Waals surface area contributed by atoms with E-state index < -0.39 is 15.8 Å². The molecule has 7 nitrogen and oxygen atoms in total. The summed E-state index contributed by atoms with van der Waals surface area (Å²) >= 11 is 6.28. The molecule has 10 heteroatoms. The summed E-state index contributed by atoms with van der Waals surface area (Å²) in [6.45, 7) is 1.27. The van der Waals surface area contributed by atoms with Gasteiger partial charge in [0.25, 0.3) is 15.9 Å². The quantitative estimate of drug-likeness (QED) is 0.535. The number of sulfonamides is 1. The fraction of sp³-hybridized carbons (Fsp3) is 0.174. The van der Waals surface area contributed by atoms with Gasteiger partial charge in [0, 0.05) is 24.2 Å². The van der Waals surface area contributed by atoms with Gasteiger partial charge >= 0.3 is 0 Å². The van der Waals surface area contributed by atoms with E-state index >= 15 is 0 Å². The average molecular weight is 491 g/mol. The zero-order valence-electron chi connectivity index (χ0n) is 17.3. The minimum absolute atomic E-state index is 0.0699. The van der Waals surface area contributed by atoms with Crippen molar-refractivity contribution in [2.45, 2.75) is 17.9 Å². The van der Waals surface area contributed by atoms with Gasteiger partial charge in [0.1, 0.15) is 5.82 Å². The fourth-order valence-corrected chi connectivity index (χ4v) is 4.53. The van der Waals surface area contributed by atoms with Crippen LogP contribution in [0.5, 0.6) is 11.5 Å². The first kappa shape index (κ1) is 22.9. The standard InChI is InChI=1S/C23H20ClFN2O5S/c24-20-12-15(13-21-22(20)32-11-1-10-31-21)14-26-23(28)16-2-6-18(7-3-16)27-33(29,30)19-8-4-17(25)5-9-19/h2-9,12-13,27H,1,10-11,14H2,(H,26,28). The maximum atomic E-state index is 13.0. The smallest absolute Gasteiger partial charge is 0.261 e. The van der Waals surface area contributed by atoms with Crippen LogP contribution in [-0.2, 0) is 16.6 Å². The molecule has 0 saturated carbocycles. The Morgan fingerprint density at radius 3 is 2.42 bits per heavy atom. The highest BCUT2D eigenvalue weighted by atomic mass is 35.5. The van der Waals surface area contributed by atoms with Gasteiger partial charge in [-0.3, -0.25) is 9.52 Å². The zero-order chi connectivity index (χ0) is 23.4. The number of hydrogen-bond donors (Lipinski definition) is 2. The number of carbonyl (C=O) groups is 1. The molecule has 1 amide bonds. The van der Waals surface area contributed by atoms with Gasteiger partial charge in [0.2, 0.25) is 0 Å². The number of hydrogen-bond acceptors (Lipinski definition) is 5. The van der Waals surface area contributed by atoms with E-state index in [0.29, 0.717) is 35.3 Å². The van der Waals surface area contributed by atoms with E-state index in [1.165, 1.54) is 36.4 Å². The normalized spacial score (nSPS) is 13.2. The van der Waals surface area contributed by atoms with Gasteiger partial charge in [0.15, 0.2) is 11.5 Å². The first-order chi connectivity index (χ1) is 15.8. The number of halogens is 2. The first-order valence-electron chi connectivity index (χ1n) is 10.1. The SMILES string of the molecule is O=C(NCc1cc(Cl)c2c(c1)OCCCO2)c1ccc(NS(=O)(=O)c2ccc(F)cc2)cc1. The van der Waals surface area contributed by atoms with Crippen LogP contribution < -0.4 is 19.5 Å². The average Bonchev–Trinajstić information content (AvgIpc) is 3.04. The van der Waals surface area contributed by atoms with Crippen LogP contribution in [0.1, 0.15) is 22.3 Å². The predicted molar refractivity (Wildman–Crippen MR) is 122 cm³/mol. The van der Waals surface area contributed by atoms with Gasteiger partial charge in [-0.25, -0.2) is 12.8 Å². The van der Waals surface area contributed by atoms with E-state index in [1.807, 2.05) is 0 Å². The molecular formula is C23H20ClFN2O5S. The summed E-state index contributed by atoms with van der Waals surface area (Å²) in [7, 11) is -3.88. The van der Waals surface area contributed by atoms with E-state index in [0.717, 1.165) is 24.1 Å². The van der Waals surface area contributed by atoms with Crippen LogP contribution in [0, 0.1) is 5.82 Å². The third kappa shape index (κ3) is 5.55. The summed E-state index contributed by atoms with van der Waals surface area (Å²) in [5.74, 6) is 0.175. The molecule has 0 bridgehead atoms. The van der Waals surface area contributed by atoms with Crippen LogP contribution in [0.3, 0.4) is 0 Å². The highest BCUT2D eigenvalue weighted by Gasteiger charge is 2.17. The summed E-state index contributed by atoms with van der Waals surface area (Å²) in [6.07, 6.45) is 0.757. The van der Waals surface area contributed by atoms with Crippen LogP contribution in [0.2, 0.25) is 5.02 Å². The van der Waals surface area contributed by atoms with Gasteiger partial charge in [-0.05, 0) is 66.2 Å². The predicted octanol–water partition coefficient (Wildman–Crippen LogP) is 4.37. The summed E-state index contributed by atoms with van der Waals surface area (Å²) in [5, 5.41) is 3.21. The lowest BCUT2D eigenvalue weighted by atomic mass is 10.1. The lowest BCUT2D eigenvalue weighted by molar-refractivity contribution is 0.0951. The number of benzene rings is 3. The van der Waals surface area contributed by atoms with Crippen molar-refractivity contribution in [3.63, 3.8) is 0 Å². The molecule has 0 unspecified atom stereocenters. The number of amides is 1. The molecule has 0 fully saturated rings. The van der Waals surface area contributed by atoms with Gasteiger partial charge in [0.05, 0.1) is 23.1 Å². The Morgan fingerprint density at radius 2 is 1.70 bits per heavy atom. The second kappa shape index (κ2) is 9.68. The maximum Gasteiger partial charge on any atom is 0.261 e. The molecule has 0 saturated heterocycles. The molecular weight excluding hydrogens is 471 g/mol. The van der Waals surface area contributed by atoms with Crippen molar-refractivity contribution in [2.24, 2.45) is 0 Å². The maximum absolute atomic E-state index is 13.0. The van der Waals surface area contributed by atoms with E-state index in [1.54, 1.807) is 12.1 Å². The molecule has 172 valence electrons. The molecule has 4 rings (SSSR count). The van der Waals surface area contributed by atoms with Crippen molar-refractivity contribution < 1.29 is 27.1 Å². The number of anilines is 1. The molecule has 0 aromatic heterocycles. The molecule has 0 aliphatic carbocycles. The third-order valence-corrected chi connectivity index (χ3v) is 6.52. The zero-order valence-corrected chi connectivity index (χ0v) is 18.9. The Morgan fingerprint density at radius 1 is 1.00 bits per heavy atom. The van der Waals surface area contributed by atoms with Crippen molar-refractivity contribution in [3.8, 4) is 11.5 Å². The lowest BCUT2D eigenvalue weighted by Crippen LogP contribution is -2.22. The van der Waals surface area contributed by atoms with Gasteiger partial charge in [-0.1, -0.05) is 11.6 Å². The number of carbonyl (C=O) groups excluding carboxylic acids is 1. The lowest BCUT2D eigenvalue weighted by Gasteiger charge is -2.12. The summed E-state index contributed by atoms with van der Waals surface area (Å²) in [6, 6.07) is 13.9. The van der Waals surface area contributed by atoms with Crippen LogP contribution in [-0.4, -0.2) is 27.5 Å². The Balaban J connectivity index is 1.39. The minimum Gasteiger partial charge on any atom is -0.489 e. The molecule has 1 aliphatic heterocycles.